The number of nitrogens with one attached hydrogen (secondary N) is 2. The van der Waals surface area contributed by atoms with Crippen molar-refractivity contribution in [3.05, 3.63) is 64.9 Å². The molecular weight excluding hydrogens is 518 g/mol. The van der Waals surface area contributed by atoms with Gasteiger partial charge in [0, 0.05) is 16.8 Å². The Morgan fingerprint density at radius 1 is 1.22 bits per heavy atom. The van der Waals surface area contributed by atoms with Gasteiger partial charge in [0.1, 0.15) is 11.2 Å². The number of pyridine rings is 1. The van der Waals surface area contributed by atoms with Crippen LogP contribution < -0.4 is 10.1 Å². The fourth-order valence-electron chi connectivity index (χ4n) is 3.75. The molecule has 0 radical (unpaired) electrons. The number of amides is 1. The molecule has 1 aliphatic rings. The van der Waals surface area contributed by atoms with Gasteiger partial charge in [0.2, 0.25) is 0 Å². The molecule has 14 heteroatoms. The van der Waals surface area contributed by atoms with E-state index in [0.717, 1.165) is 19.4 Å². The molecule has 37 heavy (non-hydrogen) atoms. The molecule has 9 nitrogen and oxygen atoms in total. The van der Waals surface area contributed by atoms with Crippen LogP contribution in [0.5, 0.6) is 11.6 Å². The number of alkyl halides is 3. The number of rotatable bonds is 6. The van der Waals surface area contributed by atoms with Gasteiger partial charge in [0.05, 0.1) is 15.4 Å². The Morgan fingerprint density at radius 2 is 1.92 bits per heavy atom. The average Bonchev–Trinajstić information content (AvgIpc) is 2.77. The molecule has 1 aromatic carbocycles. The summed E-state index contributed by atoms with van der Waals surface area (Å²) in [7, 11) is -3.14. The van der Waals surface area contributed by atoms with Crippen molar-refractivity contribution in [2.45, 2.75) is 42.9 Å². The van der Waals surface area contributed by atoms with Crippen LogP contribution in [0.3, 0.4) is 0 Å². The van der Waals surface area contributed by atoms with Crippen molar-refractivity contribution in [2.24, 2.45) is 0 Å². The van der Waals surface area contributed by atoms with Crippen molar-refractivity contribution in [1.82, 2.24) is 15.2 Å². The number of anilines is 1. The lowest BCUT2D eigenvalue weighted by molar-refractivity contribution is -0.142. The van der Waals surface area contributed by atoms with Gasteiger partial charge in [-0.15, -0.1) is 10.2 Å². The van der Waals surface area contributed by atoms with E-state index in [4.69, 9.17) is 9.52 Å². The third-order valence-corrected chi connectivity index (χ3v) is 7.05. The van der Waals surface area contributed by atoms with Gasteiger partial charge in [-0.1, -0.05) is 6.07 Å². The van der Waals surface area contributed by atoms with E-state index in [1.54, 1.807) is 0 Å². The Balaban J connectivity index is 1.73. The minimum atomic E-state index is -4.95. The van der Waals surface area contributed by atoms with Gasteiger partial charge < -0.3 is 15.2 Å². The monoisotopic (exact) mass is 539 g/mol. The normalized spacial score (nSPS) is 16.4. The first-order valence-electron chi connectivity index (χ1n) is 10.9. The number of hydrogen-bond acceptors (Lipinski definition) is 8. The van der Waals surface area contributed by atoms with Crippen LogP contribution in [-0.2, 0) is 21.5 Å². The van der Waals surface area contributed by atoms with Crippen LogP contribution in [-0.4, -0.2) is 36.7 Å². The molecule has 1 saturated carbocycles. The number of halogens is 4. The molecule has 2 aromatic heterocycles. The quantitative estimate of drug-likeness (QED) is 0.302. The summed E-state index contributed by atoms with van der Waals surface area (Å²) >= 11 is 0. The SMILES string of the molecule is Cc1c(C(F)(F)F)nnc(Oc2ccc(C3(O)CCC3)nc2F)c1C(=O)Nc1cccc(S(C)(=N)=O)c1. The summed E-state index contributed by atoms with van der Waals surface area (Å²) < 4.78 is 80.3. The molecule has 3 N–H and O–H groups in total. The van der Waals surface area contributed by atoms with Gasteiger partial charge in [-0.2, -0.15) is 17.6 Å². The van der Waals surface area contributed by atoms with Crippen LogP contribution in [0.2, 0.25) is 0 Å². The zero-order chi connectivity index (χ0) is 27.2. The molecule has 196 valence electrons. The number of ether oxygens (including phenoxy) is 1. The Morgan fingerprint density at radius 3 is 2.49 bits per heavy atom. The van der Waals surface area contributed by atoms with Gasteiger partial charge in [0.25, 0.3) is 17.7 Å². The first-order valence-corrected chi connectivity index (χ1v) is 12.8. The number of carbonyl (C=O) groups excluding carboxylic acids is 1. The van der Waals surface area contributed by atoms with E-state index in [-0.39, 0.29) is 16.3 Å². The third-order valence-electron chi connectivity index (χ3n) is 5.90. The first kappa shape index (κ1) is 26.4. The van der Waals surface area contributed by atoms with E-state index >= 15 is 0 Å². The zero-order valence-electron chi connectivity index (χ0n) is 19.5. The molecule has 0 bridgehead atoms. The van der Waals surface area contributed by atoms with Gasteiger partial charge >= 0.3 is 6.18 Å². The number of benzene rings is 1. The van der Waals surface area contributed by atoms with Crippen molar-refractivity contribution >= 4 is 21.3 Å². The summed E-state index contributed by atoms with van der Waals surface area (Å²) in [6, 6.07) is 7.89. The van der Waals surface area contributed by atoms with Crippen LogP contribution >= 0.6 is 0 Å². The van der Waals surface area contributed by atoms with E-state index in [2.05, 4.69) is 20.5 Å². The Bertz CT molecular complexity index is 1490. The molecular formula is C23H21F4N5O4S. The summed E-state index contributed by atoms with van der Waals surface area (Å²) in [5.74, 6) is -3.51. The average molecular weight is 540 g/mol. The molecule has 2 heterocycles. The number of hydrogen-bond donors (Lipinski definition) is 3. The van der Waals surface area contributed by atoms with Crippen LogP contribution in [0.15, 0.2) is 41.3 Å². The highest BCUT2D eigenvalue weighted by Crippen LogP contribution is 2.41. The molecule has 1 atom stereocenters. The smallest absolute Gasteiger partial charge is 0.432 e. The standard InChI is InChI=1S/C23H21F4N5O4S/c1-12-17(20(33)29-13-5-3-6-14(11-13)37(2,28)35)21(32-31-18(12)23(25,26)27)36-15-7-8-16(30-19(15)24)22(34)9-4-10-22/h3,5-8,11,28,34H,4,9-10H2,1-2H3,(H,29,33). The summed E-state index contributed by atoms with van der Waals surface area (Å²) in [4.78, 5) is 16.9. The number of nitrogens with zero attached hydrogens (tertiary/aromatic N) is 3. The maximum atomic E-state index is 14.7. The minimum Gasteiger partial charge on any atom is -0.432 e. The molecule has 0 aliphatic heterocycles. The molecule has 4 rings (SSSR count). The second-order valence-corrected chi connectivity index (χ2v) is 10.8. The highest BCUT2D eigenvalue weighted by Gasteiger charge is 2.39. The van der Waals surface area contributed by atoms with E-state index < -0.39 is 61.8 Å². The zero-order valence-corrected chi connectivity index (χ0v) is 20.3. The topological polar surface area (TPSA) is 138 Å². The number of carbonyl (C=O) groups is 1. The Labute approximate surface area is 208 Å². The summed E-state index contributed by atoms with van der Waals surface area (Å²) in [5.41, 5.74) is -3.87. The summed E-state index contributed by atoms with van der Waals surface area (Å²) in [6.07, 6.45) is -2.22. The highest BCUT2D eigenvalue weighted by atomic mass is 32.2. The van der Waals surface area contributed by atoms with Crippen molar-refractivity contribution in [3.63, 3.8) is 0 Å². The summed E-state index contributed by atoms with van der Waals surface area (Å²) in [6.45, 7) is 0.988. The summed E-state index contributed by atoms with van der Waals surface area (Å²) in [5, 5.41) is 19.3. The first-order chi connectivity index (χ1) is 17.2. The van der Waals surface area contributed by atoms with Crippen molar-refractivity contribution in [2.75, 3.05) is 11.6 Å². The third kappa shape index (κ3) is 5.39. The fraction of sp³-hybridized carbons (Fsp3) is 0.304. The Kier molecular flexibility index (Phi) is 6.67. The van der Waals surface area contributed by atoms with Gasteiger partial charge in [-0.3, -0.25) is 4.79 Å². The largest absolute Gasteiger partial charge is 0.435 e. The van der Waals surface area contributed by atoms with Crippen LogP contribution in [0.1, 0.15) is 46.6 Å². The van der Waals surface area contributed by atoms with Gasteiger partial charge in [-0.25, -0.2) is 14.0 Å². The predicted molar refractivity (Wildman–Crippen MR) is 123 cm³/mol. The molecule has 0 spiro atoms. The molecule has 1 aliphatic carbocycles. The highest BCUT2D eigenvalue weighted by molar-refractivity contribution is 7.91. The molecule has 1 unspecified atom stereocenters. The lowest BCUT2D eigenvalue weighted by atomic mass is 9.77. The van der Waals surface area contributed by atoms with Gasteiger partial charge in [0.15, 0.2) is 11.4 Å². The fourth-order valence-corrected chi connectivity index (χ4v) is 4.44. The molecule has 1 fully saturated rings. The molecule has 0 saturated heterocycles. The number of aromatic nitrogens is 3. The van der Waals surface area contributed by atoms with E-state index in [1.807, 2.05) is 0 Å². The van der Waals surface area contributed by atoms with E-state index in [0.29, 0.717) is 12.8 Å². The van der Waals surface area contributed by atoms with Crippen molar-refractivity contribution in [3.8, 4) is 11.6 Å². The van der Waals surface area contributed by atoms with Crippen LogP contribution in [0.4, 0.5) is 23.2 Å². The van der Waals surface area contributed by atoms with E-state index in [9.17, 15) is 31.7 Å². The number of aliphatic hydroxyl groups is 1. The second kappa shape index (κ2) is 9.34. The predicted octanol–water partition coefficient (Wildman–Crippen LogP) is 4.79. The van der Waals surface area contributed by atoms with Crippen LogP contribution in [0, 0.1) is 17.7 Å². The maximum Gasteiger partial charge on any atom is 0.435 e. The van der Waals surface area contributed by atoms with Crippen molar-refractivity contribution in [1.29, 1.82) is 4.78 Å². The van der Waals surface area contributed by atoms with Gasteiger partial charge in [-0.05, 0) is 62.1 Å². The lowest BCUT2D eigenvalue weighted by Crippen LogP contribution is -2.34. The minimum absolute atomic E-state index is 0.0472. The van der Waals surface area contributed by atoms with Crippen LogP contribution in [0.25, 0.3) is 0 Å². The van der Waals surface area contributed by atoms with Crippen molar-refractivity contribution < 1.29 is 36.4 Å². The van der Waals surface area contributed by atoms with E-state index in [1.165, 1.54) is 36.6 Å². The lowest BCUT2D eigenvalue weighted by Gasteiger charge is -2.35. The molecule has 1 amide bonds. The Hall–Kier alpha value is -3.65. The molecule has 3 aromatic rings. The maximum absolute atomic E-state index is 14.7. The second-order valence-electron chi connectivity index (χ2n) is 8.65.